The number of aliphatic carboxylic acids is 1. The molecule has 2 atom stereocenters. The smallest absolute Gasteiger partial charge is 0.379 e. The van der Waals surface area contributed by atoms with Gasteiger partial charge in [-0.15, -0.1) is 0 Å². The van der Waals surface area contributed by atoms with Gasteiger partial charge in [-0.3, -0.25) is 14.4 Å². The number of carboxylic acids is 1. The molecule has 0 aliphatic heterocycles. The fourth-order valence-corrected chi connectivity index (χ4v) is 2.65. The largest absolute Gasteiger partial charge is 0.477 e. The van der Waals surface area contributed by atoms with E-state index in [2.05, 4.69) is 10.6 Å². The highest BCUT2D eigenvalue weighted by Gasteiger charge is 2.40. The van der Waals surface area contributed by atoms with Gasteiger partial charge < -0.3 is 21.5 Å². The summed E-state index contributed by atoms with van der Waals surface area (Å²) in [7, 11) is 0. The van der Waals surface area contributed by atoms with Gasteiger partial charge in [-0.2, -0.15) is 8.78 Å². The molecule has 10 heteroatoms. The zero-order valence-corrected chi connectivity index (χ0v) is 16.4. The molecule has 5 N–H and O–H groups in total. The summed E-state index contributed by atoms with van der Waals surface area (Å²) in [5.41, 5.74) is 5.01. The van der Waals surface area contributed by atoms with E-state index >= 15 is 0 Å². The number of hydrogen-bond donors (Lipinski definition) is 4. The first-order valence-electron chi connectivity index (χ1n) is 8.92. The molecule has 8 nitrogen and oxygen atoms in total. The first kappa shape index (κ1) is 24.0. The molecule has 0 heterocycles. The second-order valence-electron chi connectivity index (χ2n) is 7.13. The molecule has 1 aromatic rings. The number of halogens is 2. The second-order valence-corrected chi connectivity index (χ2v) is 7.13. The third kappa shape index (κ3) is 7.13. The van der Waals surface area contributed by atoms with Crippen molar-refractivity contribution < 1.29 is 33.1 Å². The lowest BCUT2D eigenvalue weighted by Crippen LogP contribution is -2.53. The predicted molar refractivity (Wildman–Crippen MR) is 99.9 cm³/mol. The molecule has 0 aliphatic rings. The zero-order valence-electron chi connectivity index (χ0n) is 16.4. The number of nitrogens with two attached hydrogens (primary N) is 1. The summed E-state index contributed by atoms with van der Waals surface area (Å²) >= 11 is 0. The van der Waals surface area contributed by atoms with Crippen LogP contribution in [0.25, 0.3) is 0 Å². The predicted octanol–water partition coefficient (Wildman–Crippen LogP) is 0.926. The van der Waals surface area contributed by atoms with E-state index in [4.69, 9.17) is 10.8 Å². The number of carboxylic acid groups (broad SMARTS) is 1. The Balaban J connectivity index is 2.98. The van der Waals surface area contributed by atoms with Crippen LogP contribution in [0.2, 0.25) is 0 Å². The molecule has 1 unspecified atom stereocenters. The molecule has 0 saturated heterocycles. The van der Waals surface area contributed by atoms with Crippen molar-refractivity contribution in [2.75, 3.05) is 0 Å². The van der Waals surface area contributed by atoms with E-state index in [-0.39, 0.29) is 12.3 Å². The molecular weight excluding hydrogens is 388 g/mol. The molecule has 0 saturated carbocycles. The van der Waals surface area contributed by atoms with Crippen LogP contribution in [0.4, 0.5) is 8.78 Å². The van der Waals surface area contributed by atoms with Crippen molar-refractivity contribution in [3.8, 4) is 0 Å². The van der Waals surface area contributed by atoms with Crippen molar-refractivity contribution in [3.63, 3.8) is 0 Å². The number of carbonyl (C=O) groups excluding carboxylic acids is 3. The van der Waals surface area contributed by atoms with E-state index in [0.717, 1.165) is 12.1 Å². The average Bonchev–Trinajstić information content (AvgIpc) is 2.60. The molecule has 0 radical (unpaired) electrons. The van der Waals surface area contributed by atoms with Crippen LogP contribution < -0.4 is 16.4 Å². The van der Waals surface area contributed by atoms with Gasteiger partial charge in [0, 0.05) is 18.9 Å². The van der Waals surface area contributed by atoms with Crippen LogP contribution in [-0.4, -0.2) is 40.9 Å². The molecule has 160 valence electrons. The van der Waals surface area contributed by atoms with Crippen molar-refractivity contribution in [2.45, 2.75) is 51.6 Å². The maximum atomic E-state index is 13.5. The monoisotopic (exact) mass is 413 g/mol. The van der Waals surface area contributed by atoms with E-state index in [1.807, 2.05) is 13.8 Å². The Bertz CT molecular complexity index is 766. The first-order chi connectivity index (χ1) is 13.3. The fourth-order valence-electron chi connectivity index (χ4n) is 2.65. The Morgan fingerprint density at radius 3 is 2.03 bits per heavy atom. The number of hydrogen-bond acceptors (Lipinski definition) is 4. The number of amides is 3. The highest BCUT2D eigenvalue weighted by atomic mass is 19.3. The molecule has 0 fully saturated rings. The molecule has 1 rings (SSSR count). The number of alkyl halides is 2. The zero-order chi connectivity index (χ0) is 22.4. The minimum atomic E-state index is -4.04. The van der Waals surface area contributed by atoms with E-state index in [9.17, 15) is 28.0 Å². The molecule has 29 heavy (non-hydrogen) atoms. The molecular formula is C19H25F2N3O5. The Morgan fingerprint density at radius 1 is 1.07 bits per heavy atom. The van der Waals surface area contributed by atoms with Gasteiger partial charge in [-0.1, -0.05) is 38.1 Å². The van der Waals surface area contributed by atoms with E-state index in [1.165, 1.54) is 19.1 Å². The summed E-state index contributed by atoms with van der Waals surface area (Å²) in [4.78, 5) is 46.2. The third-order valence-electron chi connectivity index (χ3n) is 4.09. The van der Waals surface area contributed by atoms with Gasteiger partial charge in [0.25, 0.3) is 0 Å². The SMILES string of the molecule is CC(=O)NC(Cc1ccc(C(F)(F)C(=O)O)cc1)C(=O)N[C@@H](CC(C)C)C(N)=O. The third-order valence-corrected chi connectivity index (χ3v) is 4.09. The van der Waals surface area contributed by atoms with Crippen molar-refractivity contribution in [3.05, 3.63) is 35.4 Å². The highest BCUT2D eigenvalue weighted by Crippen LogP contribution is 2.28. The Labute approximate surface area is 166 Å². The minimum absolute atomic E-state index is 0.0580. The molecule has 0 bridgehead atoms. The van der Waals surface area contributed by atoms with Crippen LogP contribution in [0.15, 0.2) is 24.3 Å². The number of carbonyl (C=O) groups is 4. The Kier molecular flexibility index (Phi) is 8.23. The number of primary amides is 1. The van der Waals surface area contributed by atoms with Crippen molar-refractivity contribution in [2.24, 2.45) is 11.7 Å². The Morgan fingerprint density at radius 2 is 1.62 bits per heavy atom. The van der Waals surface area contributed by atoms with Crippen LogP contribution in [0, 0.1) is 5.92 Å². The summed E-state index contributed by atoms with van der Waals surface area (Å²) in [5.74, 6) is -8.10. The summed E-state index contributed by atoms with van der Waals surface area (Å²) in [5, 5.41) is 13.5. The second kappa shape index (κ2) is 9.94. The number of nitrogens with one attached hydrogen (secondary N) is 2. The van der Waals surface area contributed by atoms with Gasteiger partial charge in [0.1, 0.15) is 12.1 Å². The highest BCUT2D eigenvalue weighted by molar-refractivity contribution is 5.91. The lowest BCUT2D eigenvalue weighted by Gasteiger charge is -2.22. The normalized spacial score (nSPS) is 13.4. The van der Waals surface area contributed by atoms with Gasteiger partial charge in [0.15, 0.2) is 0 Å². The van der Waals surface area contributed by atoms with Gasteiger partial charge in [-0.05, 0) is 17.9 Å². The lowest BCUT2D eigenvalue weighted by atomic mass is 9.99. The molecule has 0 aromatic heterocycles. The van der Waals surface area contributed by atoms with E-state index < -0.39 is 47.3 Å². The molecule has 0 aliphatic carbocycles. The van der Waals surface area contributed by atoms with Gasteiger partial charge in [-0.25, -0.2) is 4.79 Å². The quantitative estimate of drug-likeness (QED) is 0.452. The van der Waals surface area contributed by atoms with E-state index in [0.29, 0.717) is 12.0 Å². The molecule has 0 spiro atoms. The van der Waals surface area contributed by atoms with Crippen LogP contribution in [0.3, 0.4) is 0 Å². The summed E-state index contributed by atoms with van der Waals surface area (Å²) < 4.78 is 27.1. The van der Waals surface area contributed by atoms with Crippen LogP contribution in [0.1, 0.15) is 38.3 Å². The summed E-state index contributed by atoms with van der Waals surface area (Å²) in [6.07, 6.45) is 0.254. The van der Waals surface area contributed by atoms with E-state index in [1.54, 1.807) is 0 Å². The number of rotatable bonds is 10. The van der Waals surface area contributed by atoms with Gasteiger partial charge in [0.05, 0.1) is 0 Å². The topological polar surface area (TPSA) is 139 Å². The fraction of sp³-hybridized carbons (Fsp3) is 0.474. The van der Waals surface area contributed by atoms with Gasteiger partial charge in [0.2, 0.25) is 17.7 Å². The van der Waals surface area contributed by atoms with Crippen LogP contribution in [0.5, 0.6) is 0 Å². The molecule has 3 amide bonds. The average molecular weight is 413 g/mol. The maximum Gasteiger partial charge on any atom is 0.379 e. The van der Waals surface area contributed by atoms with Crippen molar-refractivity contribution in [1.29, 1.82) is 0 Å². The summed E-state index contributed by atoms with van der Waals surface area (Å²) in [6, 6.07) is 2.37. The minimum Gasteiger partial charge on any atom is -0.477 e. The van der Waals surface area contributed by atoms with Crippen molar-refractivity contribution >= 4 is 23.7 Å². The van der Waals surface area contributed by atoms with Crippen LogP contribution >= 0.6 is 0 Å². The molecule has 1 aromatic carbocycles. The first-order valence-corrected chi connectivity index (χ1v) is 8.92. The lowest BCUT2D eigenvalue weighted by molar-refractivity contribution is -0.166. The van der Waals surface area contributed by atoms with Crippen LogP contribution in [-0.2, 0) is 31.5 Å². The van der Waals surface area contributed by atoms with Crippen molar-refractivity contribution in [1.82, 2.24) is 10.6 Å². The van der Waals surface area contributed by atoms with Gasteiger partial charge >= 0.3 is 11.9 Å². The number of benzene rings is 1. The standard InChI is InChI=1S/C19H25F2N3O5/c1-10(2)8-14(16(22)26)24-17(27)15(23-11(3)25)9-12-4-6-13(7-5-12)19(20,21)18(28)29/h4-7,10,14-15H,8-9H2,1-3H3,(H2,22,26)(H,23,25)(H,24,27)(H,28,29)/t14-,15?/m0/s1. The summed E-state index contributed by atoms with van der Waals surface area (Å²) in [6.45, 7) is 4.90. The Hall–Kier alpha value is -3.04. The maximum absolute atomic E-state index is 13.5.